The summed E-state index contributed by atoms with van der Waals surface area (Å²) in [4.78, 5) is 0.863. The molecule has 0 aliphatic carbocycles. The third-order valence-electron chi connectivity index (χ3n) is 2.43. The van der Waals surface area contributed by atoms with Crippen molar-refractivity contribution in [1.29, 1.82) is 0 Å². The van der Waals surface area contributed by atoms with Gasteiger partial charge >= 0.3 is 0 Å². The Bertz CT molecular complexity index is 424. The molecule has 2 nitrogen and oxygen atoms in total. The summed E-state index contributed by atoms with van der Waals surface area (Å²) in [5.74, 6) is 0.796. The number of benzene rings is 1. The van der Waals surface area contributed by atoms with Gasteiger partial charge in [0.1, 0.15) is 5.75 Å². The summed E-state index contributed by atoms with van der Waals surface area (Å²) in [5.41, 5.74) is 2.95. The second kappa shape index (κ2) is 5.66. The Hall–Kier alpha value is -1.35. The Morgan fingerprint density at radius 1 is 1.50 bits per heavy atom. The normalized spacial score (nSPS) is 11.1. The van der Waals surface area contributed by atoms with Crippen LogP contribution in [0.25, 0.3) is 11.8 Å². The average molecular weight is 235 g/mol. The van der Waals surface area contributed by atoms with Crippen LogP contribution in [0, 0.1) is 0 Å². The van der Waals surface area contributed by atoms with Crippen molar-refractivity contribution in [3.63, 3.8) is 0 Å². The van der Waals surface area contributed by atoms with Gasteiger partial charge in [0.2, 0.25) is 0 Å². The molecule has 0 aromatic heterocycles. The van der Waals surface area contributed by atoms with Crippen LogP contribution in [0.15, 0.2) is 29.7 Å². The molecule has 16 heavy (non-hydrogen) atoms. The van der Waals surface area contributed by atoms with E-state index in [0.717, 1.165) is 27.5 Å². The minimum absolute atomic E-state index is 0.796. The second-order valence-electron chi connectivity index (χ2n) is 3.24. The van der Waals surface area contributed by atoms with E-state index in [-0.39, 0.29) is 0 Å². The molecule has 0 saturated heterocycles. The van der Waals surface area contributed by atoms with Crippen LogP contribution in [0.5, 0.6) is 5.75 Å². The summed E-state index contributed by atoms with van der Waals surface area (Å²) in [6.45, 7) is 5.76. The molecule has 0 radical (unpaired) electrons. The van der Waals surface area contributed by atoms with Crippen LogP contribution in [-0.2, 0) is 0 Å². The first-order valence-corrected chi connectivity index (χ1v) is 5.51. The molecule has 0 amide bonds. The van der Waals surface area contributed by atoms with Gasteiger partial charge in [-0.15, -0.1) is 12.6 Å². The zero-order chi connectivity index (χ0) is 12.1. The molecule has 0 spiro atoms. The minimum atomic E-state index is 0.796. The maximum absolute atomic E-state index is 5.43. The van der Waals surface area contributed by atoms with Gasteiger partial charge in [-0.2, -0.15) is 0 Å². The van der Waals surface area contributed by atoms with Gasteiger partial charge in [-0.25, -0.2) is 0 Å². The summed E-state index contributed by atoms with van der Waals surface area (Å²) in [6.07, 6.45) is 3.76. The molecule has 1 rings (SSSR count). The summed E-state index contributed by atoms with van der Waals surface area (Å²) < 4.78 is 5.43. The van der Waals surface area contributed by atoms with Gasteiger partial charge in [0.05, 0.1) is 7.11 Å². The Balaban J connectivity index is 3.46. The van der Waals surface area contributed by atoms with Crippen LogP contribution in [0.3, 0.4) is 0 Å². The van der Waals surface area contributed by atoms with E-state index >= 15 is 0 Å². The van der Waals surface area contributed by atoms with Gasteiger partial charge in [0.25, 0.3) is 0 Å². The Labute approximate surface area is 102 Å². The van der Waals surface area contributed by atoms with Crippen molar-refractivity contribution < 1.29 is 4.74 Å². The van der Waals surface area contributed by atoms with E-state index in [0.29, 0.717) is 0 Å². The maximum atomic E-state index is 5.43. The molecule has 0 aliphatic rings. The Morgan fingerprint density at radius 2 is 2.19 bits per heavy atom. The van der Waals surface area contributed by atoms with Gasteiger partial charge in [0, 0.05) is 28.8 Å². The zero-order valence-electron chi connectivity index (χ0n) is 9.87. The van der Waals surface area contributed by atoms with Crippen molar-refractivity contribution in [3.05, 3.63) is 35.9 Å². The lowest BCUT2D eigenvalue weighted by atomic mass is 10.1. The fraction of sp³-hybridized carbons (Fsp3) is 0.231. The van der Waals surface area contributed by atoms with E-state index in [2.05, 4.69) is 24.5 Å². The van der Waals surface area contributed by atoms with Crippen molar-refractivity contribution in [1.82, 2.24) is 5.32 Å². The molecule has 3 heteroatoms. The molecule has 1 aromatic carbocycles. The highest BCUT2D eigenvalue weighted by Crippen LogP contribution is 2.33. The second-order valence-corrected chi connectivity index (χ2v) is 3.72. The Kier molecular flexibility index (Phi) is 4.50. The lowest BCUT2D eigenvalue weighted by Gasteiger charge is -2.15. The summed E-state index contributed by atoms with van der Waals surface area (Å²) >= 11 is 4.38. The topological polar surface area (TPSA) is 21.3 Å². The van der Waals surface area contributed by atoms with Crippen LogP contribution < -0.4 is 10.1 Å². The molecular formula is C13H17NOS. The highest BCUT2D eigenvalue weighted by molar-refractivity contribution is 7.80. The number of methoxy groups -OCH3 is 1. The molecule has 0 bridgehead atoms. The fourth-order valence-electron chi connectivity index (χ4n) is 1.65. The predicted octanol–water partition coefficient (Wildman–Crippen LogP) is 3.21. The van der Waals surface area contributed by atoms with Crippen LogP contribution in [0.4, 0.5) is 0 Å². The van der Waals surface area contributed by atoms with Gasteiger partial charge in [0.15, 0.2) is 0 Å². The van der Waals surface area contributed by atoms with E-state index in [1.807, 2.05) is 32.2 Å². The summed E-state index contributed by atoms with van der Waals surface area (Å²) in [5, 5.41) is 3.14. The molecule has 0 saturated carbocycles. The van der Waals surface area contributed by atoms with Crippen molar-refractivity contribution in [2.24, 2.45) is 0 Å². The van der Waals surface area contributed by atoms with Crippen LogP contribution in [0.2, 0.25) is 0 Å². The number of hydrogen-bond donors (Lipinski definition) is 2. The van der Waals surface area contributed by atoms with E-state index in [1.54, 1.807) is 13.2 Å². The predicted molar refractivity (Wildman–Crippen MR) is 73.0 cm³/mol. The van der Waals surface area contributed by atoms with Gasteiger partial charge in [-0.05, 0) is 19.1 Å². The SMILES string of the molecule is C=Cc1c(S)ccc(/C(=C/C)NC)c1OC. The minimum Gasteiger partial charge on any atom is -0.495 e. The van der Waals surface area contributed by atoms with Crippen molar-refractivity contribution in [2.45, 2.75) is 11.8 Å². The lowest BCUT2D eigenvalue weighted by Crippen LogP contribution is -2.06. The van der Waals surface area contributed by atoms with E-state index in [9.17, 15) is 0 Å². The highest BCUT2D eigenvalue weighted by atomic mass is 32.1. The molecule has 0 fully saturated rings. The molecule has 86 valence electrons. The summed E-state index contributed by atoms with van der Waals surface area (Å²) in [6, 6.07) is 3.93. The number of nitrogens with one attached hydrogen (secondary N) is 1. The van der Waals surface area contributed by atoms with Crippen molar-refractivity contribution >= 4 is 24.4 Å². The molecule has 1 N–H and O–H groups in total. The first-order valence-electron chi connectivity index (χ1n) is 5.06. The van der Waals surface area contributed by atoms with Crippen molar-refractivity contribution in [3.8, 4) is 5.75 Å². The van der Waals surface area contributed by atoms with E-state index in [4.69, 9.17) is 4.74 Å². The fourth-order valence-corrected chi connectivity index (χ4v) is 1.92. The first-order chi connectivity index (χ1) is 7.69. The maximum Gasteiger partial charge on any atom is 0.136 e. The quantitative estimate of drug-likeness (QED) is 0.782. The van der Waals surface area contributed by atoms with Crippen LogP contribution >= 0.6 is 12.6 Å². The molecule has 1 aromatic rings. The number of ether oxygens (including phenoxy) is 1. The number of thiol groups is 1. The van der Waals surface area contributed by atoms with Crippen LogP contribution in [-0.4, -0.2) is 14.2 Å². The zero-order valence-corrected chi connectivity index (χ0v) is 10.8. The van der Waals surface area contributed by atoms with Gasteiger partial charge in [-0.1, -0.05) is 18.7 Å². The highest BCUT2D eigenvalue weighted by Gasteiger charge is 2.12. The number of allylic oxidation sites excluding steroid dienone is 1. The molecule has 0 heterocycles. The third kappa shape index (κ3) is 2.25. The van der Waals surface area contributed by atoms with E-state index < -0.39 is 0 Å². The molecule has 0 aliphatic heterocycles. The monoisotopic (exact) mass is 235 g/mol. The largest absolute Gasteiger partial charge is 0.495 e. The standard InChI is InChI=1S/C13H17NOS/c1-5-9-12(16)8-7-10(13(9)15-4)11(6-2)14-3/h5-8,14,16H,1H2,2-4H3/b11-6-. The average Bonchev–Trinajstić information content (AvgIpc) is 2.31. The lowest BCUT2D eigenvalue weighted by molar-refractivity contribution is 0.411. The number of hydrogen-bond acceptors (Lipinski definition) is 3. The molecule has 0 atom stereocenters. The smallest absolute Gasteiger partial charge is 0.136 e. The van der Waals surface area contributed by atoms with Gasteiger partial charge in [-0.3, -0.25) is 0 Å². The van der Waals surface area contributed by atoms with Crippen molar-refractivity contribution in [2.75, 3.05) is 14.2 Å². The molecule has 0 unspecified atom stereocenters. The van der Waals surface area contributed by atoms with E-state index in [1.165, 1.54) is 0 Å². The Morgan fingerprint density at radius 3 is 2.62 bits per heavy atom. The number of rotatable bonds is 4. The molecular weight excluding hydrogens is 218 g/mol. The summed E-state index contributed by atoms with van der Waals surface area (Å²) in [7, 11) is 3.54. The van der Waals surface area contributed by atoms with Gasteiger partial charge < -0.3 is 10.1 Å². The first kappa shape index (κ1) is 12.7. The third-order valence-corrected chi connectivity index (χ3v) is 2.82. The van der Waals surface area contributed by atoms with Crippen LogP contribution in [0.1, 0.15) is 18.1 Å².